The number of ether oxygens (including phenoxy) is 3. The van der Waals surface area contributed by atoms with Crippen LogP contribution in [0.2, 0.25) is 0 Å². The number of esters is 1. The van der Waals surface area contributed by atoms with Gasteiger partial charge in [0.15, 0.2) is 11.5 Å². The zero-order valence-corrected chi connectivity index (χ0v) is 17.0. The fraction of sp³-hybridized carbons (Fsp3) is 0.286. The van der Waals surface area contributed by atoms with Crippen molar-refractivity contribution in [2.75, 3.05) is 34.4 Å². The van der Waals surface area contributed by atoms with E-state index < -0.39 is 5.97 Å². The number of nitrogens with zero attached hydrogens (tertiary/aromatic N) is 2. The van der Waals surface area contributed by atoms with Crippen molar-refractivity contribution in [3.63, 3.8) is 0 Å². The summed E-state index contributed by atoms with van der Waals surface area (Å²) in [6.07, 6.45) is 1.47. The number of nitrogens with one attached hydrogen (secondary N) is 1. The summed E-state index contributed by atoms with van der Waals surface area (Å²) in [5, 5.41) is 3.95. The summed E-state index contributed by atoms with van der Waals surface area (Å²) in [5.74, 6) is 0.622. The van der Waals surface area contributed by atoms with E-state index in [-0.39, 0.29) is 5.91 Å². The van der Waals surface area contributed by atoms with Gasteiger partial charge in [-0.1, -0.05) is 0 Å². The molecule has 2 rings (SSSR count). The number of carbonyl (C=O) groups is 2. The van der Waals surface area contributed by atoms with Crippen LogP contribution < -0.4 is 19.6 Å². The van der Waals surface area contributed by atoms with E-state index in [4.69, 9.17) is 14.2 Å². The molecule has 0 bridgehead atoms. The van der Waals surface area contributed by atoms with Gasteiger partial charge in [-0.15, -0.1) is 0 Å². The Kier molecular flexibility index (Phi) is 8.17. The zero-order chi connectivity index (χ0) is 21.2. The molecular weight excluding hydrogens is 374 g/mol. The van der Waals surface area contributed by atoms with Crippen LogP contribution >= 0.6 is 0 Å². The lowest BCUT2D eigenvalue weighted by atomic mass is 10.2. The van der Waals surface area contributed by atoms with Crippen molar-refractivity contribution in [3.8, 4) is 17.2 Å². The minimum atomic E-state index is -0.439. The number of benzene rings is 2. The number of carbonyl (C=O) groups excluding carboxylic acids is 2. The highest BCUT2D eigenvalue weighted by molar-refractivity contribution is 5.95. The highest BCUT2D eigenvalue weighted by Gasteiger charge is 2.08. The largest absolute Gasteiger partial charge is 0.493 e. The quantitative estimate of drug-likeness (QED) is 0.301. The van der Waals surface area contributed by atoms with E-state index in [0.717, 1.165) is 6.54 Å². The number of methoxy groups -OCH3 is 1. The van der Waals surface area contributed by atoms with Gasteiger partial charge in [-0.3, -0.25) is 9.59 Å². The Morgan fingerprint density at radius 2 is 1.83 bits per heavy atom. The van der Waals surface area contributed by atoms with Gasteiger partial charge < -0.3 is 19.1 Å². The van der Waals surface area contributed by atoms with Crippen molar-refractivity contribution in [1.29, 1.82) is 0 Å². The molecule has 154 valence electrons. The molecule has 0 radical (unpaired) electrons. The van der Waals surface area contributed by atoms with Gasteiger partial charge in [-0.05, 0) is 62.1 Å². The first-order valence-corrected chi connectivity index (χ1v) is 8.96. The minimum Gasteiger partial charge on any atom is -0.493 e. The maximum Gasteiger partial charge on any atom is 0.308 e. The molecule has 0 aliphatic heterocycles. The maximum atomic E-state index is 12.2. The Morgan fingerprint density at radius 1 is 1.10 bits per heavy atom. The van der Waals surface area contributed by atoms with E-state index in [9.17, 15) is 9.59 Å². The van der Waals surface area contributed by atoms with Crippen LogP contribution in [0, 0.1) is 0 Å². The monoisotopic (exact) mass is 399 g/mol. The third-order valence-corrected chi connectivity index (χ3v) is 3.74. The van der Waals surface area contributed by atoms with Gasteiger partial charge in [0, 0.05) is 19.0 Å². The second-order valence-electron chi connectivity index (χ2n) is 6.38. The second kappa shape index (κ2) is 10.8. The highest BCUT2D eigenvalue weighted by atomic mass is 16.6. The van der Waals surface area contributed by atoms with Crippen molar-refractivity contribution in [2.24, 2.45) is 5.10 Å². The predicted octanol–water partition coefficient (Wildman–Crippen LogP) is 2.32. The fourth-order valence-corrected chi connectivity index (χ4v) is 2.28. The number of hydrogen-bond acceptors (Lipinski definition) is 7. The van der Waals surface area contributed by atoms with E-state index in [2.05, 4.69) is 10.5 Å². The van der Waals surface area contributed by atoms with Gasteiger partial charge in [0.25, 0.3) is 5.91 Å². The molecule has 8 nitrogen and oxygen atoms in total. The first-order chi connectivity index (χ1) is 13.9. The minimum absolute atomic E-state index is 0.314. The SMILES string of the molecule is COc1cc(/C=N/NC(=O)c2ccc(OCCN(C)C)cc2)ccc1OC(C)=O. The molecule has 0 unspecified atom stereocenters. The molecule has 0 saturated carbocycles. The molecule has 1 N–H and O–H groups in total. The first kappa shape index (κ1) is 21.9. The molecule has 0 spiro atoms. The van der Waals surface area contributed by atoms with Crippen molar-refractivity contribution < 1.29 is 23.8 Å². The molecule has 2 aromatic rings. The molecule has 0 aliphatic rings. The van der Waals surface area contributed by atoms with Crippen molar-refractivity contribution in [3.05, 3.63) is 53.6 Å². The van der Waals surface area contributed by atoms with Crippen LogP contribution in [-0.4, -0.2) is 57.3 Å². The number of rotatable bonds is 9. The van der Waals surface area contributed by atoms with Crippen LogP contribution in [0.3, 0.4) is 0 Å². The van der Waals surface area contributed by atoms with Gasteiger partial charge in [-0.25, -0.2) is 5.43 Å². The third kappa shape index (κ3) is 7.27. The number of amides is 1. The van der Waals surface area contributed by atoms with Crippen LogP contribution in [0.15, 0.2) is 47.6 Å². The Morgan fingerprint density at radius 3 is 2.45 bits per heavy atom. The number of hydrazone groups is 1. The lowest BCUT2D eigenvalue weighted by molar-refractivity contribution is -0.132. The van der Waals surface area contributed by atoms with Crippen LogP contribution in [0.25, 0.3) is 0 Å². The van der Waals surface area contributed by atoms with E-state index in [1.165, 1.54) is 20.2 Å². The molecule has 8 heteroatoms. The first-order valence-electron chi connectivity index (χ1n) is 8.96. The zero-order valence-electron chi connectivity index (χ0n) is 17.0. The lowest BCUT2D eigenvalue weighted by Crippen LogP contribution is -2.19. The molecule has 0 heterocycles. The molecule has 0 fully saturated rings. The topological polar surface area (TPSA) is 89.5 Å². The van der Waals surface area contributed by atoms with Crippen molar-refractivity contribution in [1.82, 2.24) is 10.3 Å². The summed E-state index contributed by atoms with van der Waals surface area (Å²) in [6, 6.07) is 11.8. The standard InChI is InChI=1S/C21H25N3O5/c1-15(25)29-19-10-5-16(13-20(19)27-4)14-22-23-21(26)17-6-8-18(9-7-17)28-12-11-24(2)3/h5-10,13-14H,11-12H2,1-4H3,(H,23,26)/b22-14+. The van der Waals surface area contributed by atoms with Gasteiger partial charge in [0.2, 0.25) is 0 Å². The van der Waals surface area contributed by atoms with Crippen molar-refractivity contribution in [2.45, 2.75) is 6.92 Å². The van der Waals surface area contributed by atoms with Gasteiger partial charge in [0.05, 0.1) is 13.3 Å². The number of hydrogen-bond donors (Lipinski definition) is 1. The molecule has 0 atom stereocenters. The van der Waals surface area contributed by atoms with E-state index >= 15 is 0 Å². The molecule has 0 aliphatic carbocycles. The molecule has 0 saturated heterocycles. The lowest BCUT2D eigenvalue weighted by Gasteiger charge is -2.11. The van der Waals surface area contributed by atoms with Gasteiger partial charge in [0.1, 0.15) is 12.4 Å². The molecule has 29 heavy (non-hydrogen) atoms. The Hall–Kier alpha value is -3.39. The number of likely N-dealkylation sites (N-methyl/N-ethyl adjacent to an activating group) is 1. The van der Waals surface area contributed by atoms with E-state index in [1.54, 1.807) is 42.5 Å². The van der Waals surface area contributed by atoms with Gasteiger partial charge >= 0.3 is 5.97 Å². The maximum absolute atomic E-state index is 12.2. The van der Waals surface area contributed by atoms with Gasteiger partial charge in [-0.2, -0.15) is 5.10 Å². The van der Waals surface area contributed by atoms with Crippen LogP contribution in [0.1, 0.15) is 22.8 Å². The predicted molar refractivity (Wildman–Crippen MR) is 110 cm³/mol. The average molecular weight is 399 g/mol. The fourth-order valence-electron chi connectivity index (χ4n) is 2.28. The molecular formula is C21H25N3O5. The summed E-state index contributed by atoms with van der Waals surface area (Å²) in [5.41, 5.74) is 3.60. The van der Waals surface area contributed by atoms with Crippen molar-refractivity contribution >= 4 is 18.1 Å². The summed E-state index contributed by atoms with van der Waals surface area (Å²) in [6.45, 7) is 2.69. The smallest absolute Gasteiger partial charge is 0.308 e. The van der Waals surface area contributed by atoms with E-state index in [0.29, 0.717) is 35.0 Å². The second-order valence-corrected chi connectivity index (χ2v) is 6.38. The Balaban J connectivity index is 1.92. The summed E-state index contributed by atoms with van der Waals surface area (Å²) in [4.78, 5) is 25.3. The van der Waals surface area contributed by atoms with E-state index in [1.807, 2.05) is 19.0 Å². The summed E-state index contributed by atoms with van der Waals surface area (Å²) < 4.78 is 15.8. The highest BCUT2D eigenvalue weighted by Crippen LogP contribution is 2.27. The molecule has 2 aromatic carbocycles. The molecule has 1 amide bonds. The van der Waals surface area contributed by atoms with Crippen LogP contribution in [-0.2, 0) is 4.79 Å². The average Bonchev–Trinajstić information content (AvgIpc) is 2.68. The van der Waals surface area contributed by atoms with Crippen LogP contribution in [0.4, 0.5) is 0 Å². The summed E-state index contributed by atoms with van der Waals surface area (Å²) >= 11 is 0. The normalized spacial score (nSPS) is 10.8. The molecule has 0 aromatic heterocycles. The Bertz CT molecular complexity index is 863. The summed E-state index contributed by atoms with van der Waals surface area (Å²) in [7, 11) is 5.42. The Labute approximate surface area is 170 Å². The van der Waals surface area contributed by atoms with Crippen LogP contribution in [0.5, 0.6) is 17.2 Å². The third-order valence-electron chi connectivity index (χ3n) is 3.74.